The van der Waals surface area contributed by atoms with Gasteiger partial charge in [-0.3, -0.25) is 9.36 Å². The normalized spacial score (nSPS) is 16.2. The van der Waals surface area contributed by atoms with E-state index in [-0.39, 0.29) is 11.7 Å². The summed E-state index contributed by atoms with van der Waals surface area (Å²) in [7, 11) is 0. The van der Waals surface area contributed by atoms with Crippen molar-refractivity contribution in [3.63, 3.8) is 0 Å². The highest BCUT2D eigenvalue weighted by Gasteiger charge is 2.29. The number of aromatic nitrogens is 4. The van der Waals surface area contributed by atoms with Crippen LogP contribution in [0, 0.1) is 5.92 Å². The zero-order chi connectivity index (χ0) is 22.4. The van der Waals surface area contributed by atoms with Crippen molar-refractivity contribution in [3.8, 4) is 0 Å². The molecule has 0 radical (unpaired) electrons. The summed E-state index contributed by atoms with van der Waals surface area (Å²) in [5, 5.41) is 10.5. The maximum absolute atomic E-state index is 13.9. The van der Waals surface area contributed by atoms with Crippen LogP contribution in [0.25, 0.3) is 16.0 Å². The molecule has 0 bridgehead atoms. The van der Waals surface area contributed by atoms with E-state index in [2.05, 4.69) is 35.0 Å². The third-order valence-corrected chi connectivity index (χ3v) is 8.15. The van der Waals surface area contributed by atoms with Gasteiger partial charge in [0.25, 0.3) is 5.56 Å². The predicted octanol–water partition coefficient (Wildman–Crippen LogP) is 4.92. The first-order valence-corrected chi connectivity index (χ1v) is 12.6. The Hall–Kier alpha value is -2.42. The maximum atomic E-state index is 13.9. The first kappa shape index (κ1) is 21.4. The van der Waals surface area contributed by atoms with Crippen molar-refractivity contribution in [2.75, 3.05) is 5.75 Å². The molecule has 3 aromatic heterocycles. The molecule has 8 heteroatoms. The summed E-state index contributed by atoms with van der Waals surface area (Å²) in [4.78, 5) is 15.9. The van der Waals surface area contributed by atoms with Crippen LogP contribution in [0.3, 0.4) is 0 Å². The van der Waals surface area contributed by atoms with E-state index in [4.69, 9.17) is 4.74 Å². The van der Waals surface area contributed by atoms with E-state index < -0.39 is 0 Å². The fraction of sp³-hybridized carbons (Fsp3) is 0.375. The second kappa shape index (κ2) is 8.50. The van der Waals surface area contributed by atoms with Crippen LogP contribution in [0.4, 0.5) is 0 Å². The smallest absolute Gasteiger partial charge is 0.264 e. The van der Waals surface area contributed by atoms with E-state index in [0.29, 0.717) is 24.8 Å². The molecular weight excluding hydrogens is 440 g/mol. The number of ether oxygens (including phenoxy) is 1. The molecule has 1 aromatic carbocycles. The third-order valence-electron chi connectivity index (χ3n) is 5.80. The fourth-order valence-corrected chi connectivity index (χ4v) is 6.18. The van der Waals surface area contributed by atoms with Crippen molar-refractivity contribution in [2.45, 2.75) is 51.6 Å². The van der Waals surface area contributed by atoms with Crippen molar-refractivity contribution in [1.82, 2.24) is 19.2 Å². The number of rotatable bonds is 6. The average molecular weight is 467 g/mol. The van der Waals surface area contributed by atoms with E-state index in [1.54, 1.807) is 27.7 Å². The minimum absolute atomic E-state index is 0.00195. The molecule has 1 aliphatic rings. The van der Waals surface area contributed by atoms with E-state index in [1.807, 2.05) is 37.3 Å². The van der Waals surface area contributed by atoms with E-state index in [1.165, 1.54) is 0 Å². The fourth-order valence-electron chi connectivity index (χ4n) is 4.11. The van der Waals surface area contributed by atoms with Crippen LogP contribution < -0.4 is 5.56 Å². The number of hydrogen-bond acceptors (Lipinski definition) is 6. The van der Waals surface area contributed by atoms with Crippen molar-refractivity contribution in [2.24, 2.45) is 5.92 Å². The SMILES string of the molecule is C=C(C)CSc1nnc2n(Cc3ccccc3)c(=O)c3c4c(sc3n12)CO[C@H](C(C)C)C4. The number of thiophene rings is 1. The van der Waals surface area contributed by atoms with E-state index in [0.717, 1.165) is 49.1 Å². The highest BCUT2D eigenvalue weighted by atomic mass is 32.2. The summed E-state index contributed by atoms with van der Waals surface area (Å²) in [6.07, 6.45) is 0.881. The second-order valence-corrected chi connectivity index (χ2v) is 10.7. The van der Waals surface area contributed by atoms with Crippen molar-refractivity contribution >= 4 is 39.1 Å². The van der Waals surface area contributed by atoms with Crippen LogP contribution in [0.1, 0.15) is 36.8 Å². The molecule has 32 heavy (non-hydrogen) atoms. The molecule has 4 heterocycles. The Morgan fingerprint density at radius 1 is 1.31 bits per heavy atom. The predicted molar refractivity (Wildman–Crippen MR) is 131 cm³/mol. The van der Waals surface area contributed by atoms with Crippen molar-refractivity contribution in [3.05, 3.63) is 68.8 Å². The lowest BCUT2D eigenvalue weighted by Crippen LogP contribution is -2.28. The average Bonchev–Trinajstić information content (AvgIpc) is 3.36. The van der Waals surface area contributed by atoms with Crippen LogP contribution in [-0.2, 0) is 24.3 Å². The minimum Gasteiger partial charge on any atom is -0.372 e. The van der Waals surface area contributed by atoms with Gasteiger partial charge in [-0.05, 0) is 24.0 Å². The van der Waals surface area contributed by atoms with Crippen molar-refractivity contribution in [1.29, 1.82) is 0 Å². The minimum atomic E-state index is 0.00195. The number of benzene rings is 1. The molecule has 0 amide bonds. The zero-order valence-electron chi connectivity index (χ0n) is 18.5. The lowest BCUT2D eigenvalue weighted by molar-refractivity contribution is 0.00200. The Labute approximate surface area is 194 Å². The Morgan fingerprint density at radius 3 is 2.81 bits per heavy atom. The highest BCUT2D eigenvalue weighted by molar-refractivity contribution is 7.99. The van der Waals surface area contributed by atoms with Gasteiger partial charge in [-0.25, -0.2) is 4.40 Å². The first-order valence-electron chi connectivity index (χ1n) is 10.8. The van der Waals surface area contributed by atoms with Gasteiger partial charge < -0.3 is 4.74 Å². The first-order chi connectivity index (χ1) is 15.4. The molecular formula is C24H26N4O2S2. The Morgan fingerprint density at radius 2 is 2.09 bits per heavy atom. The van der Waals surface area contributed by atoms with Gasteiger partial charge in [-0.15, -0.1) is 21.5 Å². The quantitative estimate of drug-likeness (QED) is 0.298. The highest BCUT2D eigenvalue weighted by Crippen LogP contribution is 2.37. The van der Waals surface area contributed by atoms with Gasteiger partial charge >= 0.3 is 0 Å². The van der Waals surface area contributed by atoms with Crippen LogP contribution in [0.5, 0.6) is 0 Å². The molecule has 6 nitrogen and oxygen atoms in total. The lowest BCUT2D eigenvalue weighted by Gasteiger charge is -2.26. The Kier molecular flexibility index (Phi) is 5.69. The second-order valence-electron chi connectivity index (χ2n) is 8.72. The molecule has 0 fully saturated rings. The Balaban J connectivity index is 1.76. The molecule has 0 saturated carbocycles. The van der Waals surface area contributed by atoms with Gasteiger partial charge in [-0.2, -0.15) is 0 Å². The summed E-state index contributed by atoms with van der Waals surface area (Å²) in [6.45, 7) is 11.4. The molecule has 0 unspecified atom stereocenters. The Bertz CT molecular complexity index is 1370. The van der Waals surface area contributed by atoms with Crippen LogP contribution in [0.2, 0.25) is 0 Å². The van der Waals surface area contributed by atoms with E-state index in [9.17, 15) is 4.79 Å². The molecule has 5 rings (SSSR count). The monoisotopic (exact) mass is 466 g/mol. The molecule has 0 N–H and O–H groups in total. The van der Waals surface area contributed by atoms with E-state index >= 15 is 0 Å². The molecule has 4 aromatic rings. The van der Waals surface area contributed by atoms with Gasteiger partial charge in [0, 0.05) is 17.1 Å². The maximum Gasteiger partial charge on any atom is 0.264 e. The lowest BCUT2D eigenvalue weighted by atomic mass is 9.96. The third kappa shape index (κ3) is 3.70. The molecule has 0 aliphatic carbocycles. The molecule has 1 aliphatic heterocycles. The van der Waals surface area contributed by atoms with Gasteiger partial charge in [0.1, 0.15) is 4.83 Å². The van der Waals surface area contributed by atoms with Gasteiger partial charge in [0.05, 0.1) is 24.6 Å². The largest absolute Gasteiger partial charge is 0.372 e. The summed E-state index contributed by atoms with van der Waals surface area (Å²) in [5.74, 6) is 1.73. The molecule has 0 spiro atoms. The standard InChI is InChI=1S/C24H26N4O2S2/c1-14(2)13-31-24-26-25-23-27(11-16-8-6-5-7-9-16)21(29)20-17-10-18(15(3)4)30-12-19(17)32-22(20)28(23)24/h5-9,15,18H,1,10-13H2,2-4H3/t18-/m0/s1. The summed E-state index contributed by atoms with van der Waals surface area (Å²) < 4.78 is 9.93. The molecule has 166 valence electrons. The van der Waals surface area contributed by atoms with Crippen molar-refractivity contribution < 1.29 is 4.74 Å². The molecule has 1 atom stereocenters. The molecule has 0 saturated heterocycles. The van der Waals surface area contributed by atoms with Crippen LogP contribution in [0.15, 0.2) is 52.4 Å². The zero-order valence-corrected chi connectivity index (χ0v) is 20.1. The summed E-state index contributed by atoms with van der Waals surface area (Å²) in [5.41, 5.74) is 3.26. The number of fused-ring (bicyclic) bond motifs is 5. The summed E-state index contributed by atoms with van der Waals surface area (Å²) >= 11 is 3.24. The van der Waals surface area contributed by atoms with Gasteiger partial charge in [0.2, 0.25) is 5.78 Å². The number of hydrogen-bond donors (Lipinski definition) is 0. The topological polar surface area (TPSA) is 61.4 Å². The van der Waals surface area contributed by atoms with Crippen LogP contribution in [-0.4, -0.2) is 31.0 Å². The number of thioether (sulfide) groups is 1. The summed E-state index contributed by atoms with van der Waals surface area (Å²) in [6, 6.07) is 10.0. The van der Waals surface area contributed by atoms with Crippen LogP contribution >= 0.6 is 23.1 Å². The number of nitrogens with zero attached hydrogens (tertiary/aromatic N) is 4. The van der Waals surface area contributed by atoms with Gasteiger partial charge in [-0.1, -0.05) is 68.1 Å². The van der Waals surface area contributed by atoms with Gasteiger partial charge in [0.15, 0.2) is 5.16 Å².